The number of halogens is 1. The lowest BCUT2D eigenvalue weighted by Gasteiger charge is -2.21. The average Bonchev–Trinajstić information content (AvgIpc) is 3.14. The Morgan fingerprint density at radius 2 is 1.84 bits per heavy atom. The van der Waals surface area contributed by atoms with Crippen LogP contribution < -0.4 is 16.0 Å². The van der Waals surface area contributed by atoms with E-state index in [1.54, 1.807) is 7.05 Å². The summed E-state index contributed by atoms with van der Waals surface area (Å²) >= 11 is 0. The number of nitrogens with one attached hydrogen (secondary N) is 3. The second-order valence-corrected chi connectivity index (χ2v) is 8.22. The highest BCUT2D eigenvalue weighted by Crippen LogP contribution is 2.20. The summed E-state index contributed by atoms with van der Waals surface area (Å²) in [5.41, 5.74) is 3.09. The van der Waals surface area contributed by atoms with Gasteiger partial charge in [-0.05, 0) is 43.0 Å². The van der Waals surface area contributed by atoms with Crippen LogP contribution in [-0.4, -0.2) is 49.0 Å². The summed E-state index contributed by atoms with van der Waals surface area (Å²) in [6.45, 7) is 7.60. The van der Waals surface area contributed by atoms with Gasteiger partial charge in [-0.15, -0.1) is 24.0 Å². The van der Waals surface area contributed by atoms with Crippen molar-refractivity contribution in [2.24, 2.45) is 4.99 Å². The minimum atomic E-state index is -0.0235. The monoisotopic (exact) mass is 549 g/mol. The maximum atomic E-state index is 12.2. The van der Waals surface area contributed by atoms with Gasteiger partial charge in [-0.1, -0.05) is 49.4 Å². The molecule has 0 saturated carbocycles. The molecule has 2 aromatic rings. The van der Waals surface area contributed by atoms with Crippen molar-refractivity contribution in [1.82, 2.24) is 20.9 Å². The largest absolute Gasteiger partial charge is 0.352 e. The predicted molar refractivity (Wildman–Crippen MR) is 143 cm³/mol. The third-order valence-corrected chi connectivity index (χ3v) is 5.68. The van der Waals surface area contributed by atoms with Crippen molar-refractivity contribution in [2.45, 2.75) is 51.9 Å². The van der Waals surface area contributed by atoms with Crippen molar-refractivity contribution in [3.8, 4) is 0 Å². The van der Waals surface area contributed by atoms with Gasteiger partial charge in [0.25, 0.3) is 5.91 Å². The Morgan fingerprint density at radius 3 is 2.56 bits per heavy atom. The van der Waals surface area contributed by atoms with Gasteiger partial charge < -0.3 is 16.0 Å². The molecule has 32 heavy (non-hydrogen) atoms. The summed E-state index contributed by atoms with van der Waals surface area (Å²) in [5, 5.41) is 9.88. The van der Waals surface area contributed by atoms with Crippen LogP contribution in [0.4, 0.5) is 0 Å². The van der Waals surface area contributed by atoms with Gasteiger partial charge in [0.05, 0.1) is 0 Å². The van der Waals surface area contributed by atoms with E-state index >= 15 is 0 Å². The number of benzene rings is 2. The summed E-state index contributed by atoms with van der Waals surface area (Å²) in [5.74, 6) is 0.768. The molecule has 6 nitrogen and oxygen atoms in total. The molecule has 1 aliphatic rings. The highest BCUT2D eigenvalue weighted by Gasteiger charge is 2.29. The summed E-state index contributed by atoms with van der Waals surface area (Å²) in [6.07, 6.45) is 2.01. The minimum absolute atomic E-state index is 0. The Labute approximate surface area is 209 Å². The number of rotatable bonds is 8. The highest BCUT2D eigenvalue weighted by molar-refractivity contribution is 14.0. The van der Waals surface area contributed by atoms with Crippen LogP contribution in [0, 0.1) is 0 Å². The number of amides is 1. The highest BCUT2D eigenvalue weighted by atomic mass is 127. The summed E-state index contributed by atoms with van der Waals surface area (Å²) in [6, 6.07) is 19.2. The lowest BCUT2D eigenvalue weighted by Crippen LogP contribution is -2.44. The fourth-order valence-corrected chi connectivity index (χ4v) is 3.98. The zero-order valence-corrected chi connectivity index (χ0v) is 21.6. The van der Waals surface area contributed by atoms with Crippen LogP contribution in [0.15, 0.2) is 59.6 Å². The van der Waals surface area contributed by atoms with Crippen LogP contribution in [0.5, 0.6) is 0 Å². The van der Waals surface area contributed by atoms with E-state index in [1.807, 2.05) is 31.2 Å². The number of nitrogens with zero attached hydrogens (tertiary/aromatic N) is 2. The Bertz CT molecular complexity index is 874. The zero-order chi connectivity index (χ0) is 22.1. The van der Waals surface area contributed by atoms with E-state index in [1.165, 1.54) is 5.56 Å². The van der Waals surface area contributed by atoms with Gasteiger partial charge in [-0.2, -0.15) is 0 Å². The molecule has 0 bridgehead atoms. The van der Waals surface area contributed by atoms with Gasteiger partial charge in [0, 0.05) is 50.9 Å². The van der Waals surface area contributed by atoms with E-state index in [9.17, 15) is 4.79 Å². The summed E-state index contributed by atoms with van der Waals surface area (Å²) < 4.78 is 0. The molecule has 2 aromatic carbocycles. The molecule has 174 valence electrons. The van der Waals surface area contributed by atoms with Gasteiger partial charge in [0.1, 0.15) is 0 Å². The number of hydrogen-bond donors (Lipinski definition) is 3. The van der Waals surface area contributed by atoms with E-state index in [0.29, 0.717) is 30.7 Å². The third kappa shape index (κ3) is 7.78. The lowest BCUT2D eigenvalue weighted by molar-refractivity contribution is 0.0953. The van der Waals surface area contributed by atoms with Crippen molar-refractivity contribution in [1.29, 1.82) is 0 Å². The van der Waals surface area contributed by atoms with Crippen LogP contribution in [-0.2, 0) is 13.1 Å². The van der Waals surface area contributed by atoms with E-state index in [-0.39, 0.29) is 29.9 Å². The van der Waals surface area contributed by atoms with Gasteiger partial charge in [-0.3, -0.25) is 14.7 Å². The molecule has 0 aliphatic carbocycles. The molecule has 2 atom stereocenters. The molecule has 1 fully saturated rings. The fourth-order valence-electron chi connectivity index (χ4n) is 3.98. The molecular formula is C25H36IN5O. The van der Waals surface area contributed by atoms with E-state index in [2.05, 4.69) is 63.1 Å². The van der Waals surface area contributed by atoms with Crippen molar-refractivity contribution in [3.05, 3.63) is 71.3 Å². The molecule has 0 radical (unpaired) electrons. The molecule has 1 amide bonds. The first-order valence-corrected chi connectivity index (χ1v) is 11.2. The van der Waals surface area contributed by atoms with Gasteiger partial charge >= 0.3 is 0 Å². The lowest BCUT2D eigenvalue weighted by atomic mass is 10.1. The van der Waals surface area contributed by atoms with Crippen LogP contribution >= 0.6 is 24.0 Å². The molecule has 3 N–H and O–H groups in total. The predicted octanol–water partition coefficient (Wildman–Crippen LogP) is 3.77. The quantitative estimate of drug-likeness (QED) is 0.267. The number of guanidine groups is 1. The molecular weight excluding hydrogens is 513 g/mol. The first kappa shape index (κ1) is 26.1. The Balaban J connectivity index is 0.00000363. The fraction of sp³-hybridized carbons (Fsp3) is 0.440. The average molecular weight is 550 g/mol. The van der Waals surface area contributed by atoms with Crippen LogP contribution in [0.3, 0.4) is 0 Å². The van der Waals surface area contributed by atoms with E-state index in [0.717, 1.165) is 37.5 Å². The second kappa shape index (κ2) is 13.4. The zero-order valence-electron chi connectivity index (χ0n) is 19.3. The van der Waals surface area contributed by atoms with Crippen LogP contribution in [0.2, 0.25) is 0 Å². The number of hydrogen-bond acceptors (Lipinski definition) is 3. The van der Waals surface area contributed by atoms with Crippen molar-refractivity contribution < 1.29 is 4.79 Å². The molecule has 1 aliphatic heterocycles. The Kier molecular flexibility index (Phi) is 11.0. The maximum absolute atomic E-state index is 12.2. The molecule has 7 heteroatoms. The molecule has 1 saturated heterocycles. The number of carbonyl (C=O) groups is 1. The topological polar surface area (TPSA) is 68.8 Å². The van der Waals surface area contributed by atoms with Crippen LogP contribution in [0.25, 0.3) is 0 Å². The summed E-state index contributed by atoms with van der Waals surface area (Å²) in [4.78, 5) is 19.1. The number of carbonyl (C=O) groups excluding carboxylic acids is 1. The van der Waals surface area contributed by atoms with Crippen molar-refractivity contribution in [3.63, 3.8) is 0 Å². The van der Waals surface area contributed by atoms with Gasteiger partial charge in [0.2, 0.25) is 0 Å². The normalized spacial score (nSPS) is 18.7. The number of likely N-dealkylation sites (tertiary alicyclic amines) is 1. The minimum Gasteiger partial charge on any atom is -0.352 e. The molecule has 2 unspecified atom stereocenters. The number of aliphatic imine (C=N–C) groups is 1. The van der Waals surface area contributed by atoms with E-state index < -0.39 is 0 Å². The second-order valence-electron chi connectivity index (χ2n) is 8.22. The molecule has 3 rings (SSSR count). The van der Waals surface area contributed by atoms with Crippen molar-refractivity contribution >= 4 is 35.8 Å². The van der Waals surface area contributed by atoms with E-state index in [4.69, 9.17) is 0 Å². The standard InChI is InChI=1S/C25H35N5O.HI/c1-4-13-27-24(31)22-12-8-11-21(15-22)16-28-25(26-3)29-23-14-19(2)30(18-23)17-20-9-6-5-7-10-20;/h5-12,15,19,23H,4,13-14,16-18H2,1-3H3,(H,27,31)(H2,26,28,29);1H. The summed E-state index contributed by atoms with van der Waals surface area (Å²) in [7, 11) is 1.80. The van der Waals surface area contributed by atoms with Crippen molar-refractivity contribution in [2.75, 3.05) is 20.1 Å². The maximum Gasteiger partial charge on any atom is 0.251 e. The van der Waals surface area contributed by atoms with Gasteiger partial charge in [0.15, 0.2) is 5.96 Å². The van der Waals surface area contributed by atoms with Gasteiger partial charge in [-0.25, -0.2) is 0 Å². The third-order valence-electron chi connectivity index (χ3n) is 5.68. The molecule has 0 aromatic heterocycles. The Morgan fingerprint density at radius 1 is 1.09 bits per heavy atom. The first-order chi connectivity index (χ1) is 15.1. The molecule has 1 heterocycles. The molecule has 0 spiro atoms. The smallest absolute Gasteiger partial charge is 0.251 e. The SMILES string of the molecule is CCCNC(=O)c1cccc(CNC(=NC)NC2CC(C)N(Cc3ccccc3)C2)c1.I. The Hall–Kier alpha value is -2.13. The van der Waals surface area contributed by atoms with Crippen LogP contribution in [0.1, 0.15) is 48.2 Å². The first-order valence-electron chi connectivity index (χ1n) is 11.2.